The molecule has 0 saturated heterocycles. The molecule has 1 aliphatic carbocycles. The van der Waals surface area contributed by atoms with Crippen LogP contribution in [0.4, 0.5) is 5.69 Å². The highest BCUT2D eigenvalue weighted by atomic mass is 15.2. The number of hydrogen-bond donors (Lipinski definition) is 2. The molecule has 1 aromatic carbocycles. The zero-order valence-corrected chi connectivity index (χ0v) is 11.5. The van der Waals surface area contributed by atoms with Crippen molar-refractivity contribution in [1.29, 1.82) is 0 Å². The lowest BCUT2D eigenvalue weighted by molar-refractivity contribution is 0.273. The number of rotatable bonds is 4. The van der Waals surface area contributed by atoms with Gasteiger partial charge in [0.25, 0.3) is 0 Å². The zero-order chi connectivity index (χ0) is 13.0. The summed E-state index contributed by atoms with van der Waals surface area (Å²) in [7, 11) is 4.15. The van der Waals surface area contributed by atoms with Crippen molar-refractivity contribution in [2.75, 3.05) is 19.0 Å². The Labute approximate surface area is 110 Å². The number of nitrogens with zero attached hydrogens (tertiary/aromatic N) is 1. The molecule has 100 valence electrons. The van der Waals surface area contributed by atoms with Gasteiger partial charge in [-0.25, -0.2) is 0 Å². The molecule has 0 bridgehead atoms. The van der Waals surface area contributed by atoms with Crippen molar-refractivity contribution in [2.24, 2.45) is 11.8 Å². The van der Waals surface area contributed by atoms with Crippen LogP contribution in [0, 0.1) is 5.92 Å². The molecule has 3 heteroatoms. The monoisotopic (exact) mass is 247 g/mol. The maximum Gasteiger partial charge on any atom is 0.0488 e. The fourth-order valence-electron chi connectivity index (χ4n) is 2.97. The second-order valence-electron chi connectivity index (χ2n) is 5.53. The van der Waals surface area contributed by atoms with Gasteiger partial charge in [0, 0.05) is 25.8 Å². The molecule has 1 unspecified atom stereocenters. The van der Waals surface area contributed by atoms with Crippen LogP contribution >= 0.6 is 0 Å². The van der Waals surface area contributed by atoms with Crippen LogP contribution in [0.5, 0.6) is 0 Å². The van der Waals surface area contributed by atoms with E-state index in [1.807, 2.05) is 0 Å². The Balaban J connectivity index is 2.18. The molecule has 2 rings (SSSR count). The van der Waals surface area contributed by atoms with Crippen molar-refractivity contribution in [3.63, 3.8) is 0 Å². The molecule has 1 saturated carbocycles. The lowest BCUT2D eigenvalue weighted by atomic mass is 9.81. The molecule has 0 aromatic heterocycles. The number of hydrogen-bond acceptors (Lipinski definition) is 3. The fourth-order valence-corrected chi connectivity index (χ4v) is 2.97. The lowest BCUT2D eigenvalue weighted by Crippen LogP contribution is -2.34. The average molecular weight is 247 g/mol. The highest BCUT2D eigenvalue weighted by Crippen LogP contribution is 2.34. The third-order valence-electron chi connectivity index (χ3n) is 4.05. The standard InChI is InChI=1S/C15H25N3/c1-18(2)14-10-6-9-13(11-14)15(17-16)12-7-4-3-5-8-12/h6,9-12,15,17H,3-5,7-8,16H2,1-2H3. The summed E-state index contributed by atoms with van der Waals surface area (Å²) < 4.78 is 0. The number of benzene rings is 1. The van der Waals surface area contributed by atoms with Gasteiger partial charge in [-0.2, -0.15) is 0 Å². The Hall–Kier alpha value is -1.06. The first-order valence-electron chi connectivity index (χ1n) is 6.96. The van der Waals surface area contributed by atoms with E-state index in [-0.39, 0.29) is 0 Å². The number of nitrogens with one attached hydrogen (secondary N) is 1. The molecule has 1 fully saturated rings. The van der Waals surface area contributed by atoms with E-state index in [1.54, 1.807) is 0 Å². The summed E-state index contributed by atoms with van der Waals surface area (Å²) in [5.41, 5.74) is 5.59. The van der Waals surface area contributed by atoms with Crippen molar-refractivity contribution < 1.29 is 0 Å². The highest BCUT2D eigenvalue weighted by Gasteiger charge is 2.24. The van der Waals surface area contributed by atoms with Crippen LogP contribution < -0.4 is 16.2 Å². The first kappa shape index (κ1) is 13.4. The van der Waals surface area contributed by atoms with Crippen molar-refractivity contribution in [2.45, 2.75) is 38.1 Å². The van der Waals surface area contributed by atoms with E-state index in [4.69, 9.17) is 5.84 Å². The zero-order valence-electron chi connectivity index (χ0n) is 11.5. The van der Waals surface area contributed by atoms with Gasteiger partial charge in [0.2, 0.25) is 0 Å². The maximum atomic E-state index is 5.80. The molecular weight excluding hydrogens is 222 g/mol. The Kier molecular flexibility index (Phi) is 4.61. The van der Waals surface area contributed by atoms with E-state index >= 15 is 0 Å². The van der Waals surface area contributed by atoms with Gasteiger partial charge in [0.05, 0.1) is 0 Å². The Morgan fingerprint density at radius 1 is 1.22 bits per heavy atom. The lowest BCUT2D eigenvalue weighted by Gasteiger charge is -2.30. The van der Waals surface area contributed by atoms with Gasteiger partial charge in [-0.1, -0.05) is 31.4 Å². The van der Waals surface area contributed by atoms with E-state index in [0.717, 1.165) is 0 Å². The summed E-state index contributed by atoms with van der Waals surface area (Å²) in [4.78, 5) is 2.14. The van der Waals surface area contributed by atoms with Crippen LogP contribution in [0.25, 0.3) is 0 Å². The largest absolute Gasteiger partial charge is 0.378 e. The Bertz CT molecular complexity index is 370. The summed E-state index contributed by atoms with van der Waals surface area (Å²) >= 11 is 0. The molecule has 3 nitrogen and oxygen atoms in total. The van der Waals surface area contributed by atoms with Crippen LogP contribution in [-0.4, -0.2) is 14.1 Å². The van der Waals surface area contributed by atoms with Crippen LogP contribution in [0.1, 0.15) is 43.7 Å². The minimum Gasteiger partial charge on any atom is -0.378 e. The second-order valence-corrected chi connectivity index (χ2v) is 5.53. The first-order chi connectivity index (χ1) is 8.72. The molecule has 0 amide bonds. The van der Waals surface area contributed by atoms with Gasteiger partial charge >= 0.3 is 0 Å². The number of anilines is 1. The summed E-state index contributed by atoms with van der Waals surface area (Å²) in [5, 5.41) is 0. The van der Waals surface area contributed by atoms with Gasteiger partial charge in [-0.3, -0.25) is 11.3 Å². The van der Waals surface area contributed by atoms with Crippen LogP contribution in [0.15, 0.2) is 24.3 Å². The molecule has 18 heavy (non-hydrogen) atoms. The van der Waals surface area contributed by atoms with Crippen LogP contribution in [-0.2, 0) is 0 Å². The quantitative estimate of drug-likeness (QED) is 0.635. The van der Waals surface area contributed by atoms with E-state index in [1.165, 1.54) is 43.4 Å². The molecule has 0 radical (unpaired) electrons. The van der Waals surface area contributed by atoms with Gasteiger partial charge in [0.15, 0.2) is 0 Å². The van der Waals surface area contributed by atoms with E-state index < -0.39 is 0 Å². The number of nitrogens with two attached hydrogens (primary N) is 1. The van der Waals surface area contributed by atoms with Gasteiger partial charge in [-0.05, 0) is 36.5 Å². The second kappa shape index (κ2) is 6.21. The molecule has 3 N–H and O–H groups in total. The minimum atomic E-state index is 0.296. The van der Waals surface area contributed by atoms with E-state index in [2.05, 4.69) is 48.7 Å². The fraction of sp³-hybridized carbons (Fsp3) is 0.600. The third-order valence-corrected chi connectivity index (χ3v) is 4.05. The van der Waals surface area contributed by atoms with Crippen molar-refractivity contribution in [3.8, 4) is 0 Å². The highest BCUT2D eigenvalue weighted by molar-refractivity contribution is 5.47. The van der Waals surface area contributed by atoms with Crippen molar-refractivity contribution in [1.82, 2.24) is 5.43 Å². The average Bonchev–Trinajstić information content (AvgIpc) is 2.41. The predicted octanol–water partition coefficient (Wildman–Crippen LogP) is 2.84. The van der Waals surface area contributed by atoms with Gasteiger partial charge < -0.3 is 4.90 Å². The molecule has 1 aliphatic rings. The number of hydrazine groups is 1. The summed E-state index contributed by atoms with van der Waals surface area (Å²) in [6.45, 7) is 0. The molecule has 1 atom stereocenters. The summed E-state index contributed by atoms with van der Waals surface area (Å²) in [5.74, 6) is 6.48. The minimum absolute atomic E-state index is 0.296. The Morgan fingerprint density at radius 2 is 1.94 bits per heavy atom. The predicted molar refractivity (Wildman–Crippen MR) is 77.4 cm³/mol. The molecular formula is C15H25N3. The van der Waals surface area contributed by atoms with Crippen molar-refractivity contribution >= 4 is 5.69 Å². The summed E-state index contributed by atoms with van der Waals surface area (Å²) in [6.07, 6.45) is 6.65. The SMILES string of the molecule is CN(C)c1cccc(C(NN)C2CCCCC2)c1. The van der Waals surface area contributed by atoms with Crippen molar-refractivity contribution in [3.05, 3.63) is 29.8 Å². The molecule has 1 aromatic rings. The topological polar surface area (TPSA) is 41.3 Å². The van der Waals surface area contributed by atoms with E-state index in [0.29, 0.717) is 12.0 Å². The maximum absolute atomic E-state index is 5.80. The van der Waals surface area contributed by atoms with Crippen LogP contribution in [0.2, 0.25) is 0 Å². The normalized spacial score (nSPS) is 18.6. The molecule has 0 spiro atoms. The summed E-state index contributed by atoms with van der Waals surface area (Å²) in [6, 6.07) is 8.99. The van der Waals surface area contributed by atoms with Gasteiger partial charge in [0.1, 0.15) is 0 Å². The Morgan fingerprint density at radius 3 is 2.56 bits per heavy atom. The molecule has 0 aliphatic heterocycles. The van der Waals surface area contributed by atoms with Gasteiger partial charge in [-0.15, -0.1) is 0 Å². The first-order valence-corrected chi connectivity index (χ1v) is 6.96. The third kappa shape index (κ3) is 3.03. The van der Waals surface area contributed by atoms with E-state index in [9.17, 15) is 0 Å². The molecule has 0 heterocycles. The van der Waals surface area contributed by atoms with Crippen LogP contribution in [0.3, 0.4) is 0 Å². The smallest absolute Gasteiger partial charge is 0.0488 e.